The van der Waals surface area contributed by atoms with E-state index in [1.54, 1.807) is 24.3 Å². The first-order valence-corrected chi connectivity index (χ1v) is 12.0. The number of rotatable bonds is 4. The molecule has 2 aromatic rings. The minimum Gasteiger partial charge on any atom is -0.456 e. The molecule has 186 valence electrons. The molecule has 1 saturated heterocycles. The first-order valence-electron chi connectivity index (χ1n) is 12.0. The second-order valence-electron chi connectivity index (χ2n) is 10.3. The van der Waals surface area contributed by atoms with E-state index in [2.05, 4.69) is 5.32 Å². The highest BCUT2D eigenvalue weighted by Crippen LogP contribution is 2.36. The summed E-state index contributed by atoms with van der Waals surface area (Å²) in [4.78, 5) is 44.3. The Balaban J connectivity index is 1.54. The third-order valence-corrected chi connectivity index (χ3v) is 6.38. The number of carbonyl (C=O) groups excluding carboxylic acids is 3. The van der Waals surface area contributed by atoms with Gasteiger partial charge in [0, 0.05) is 31.0 Å². The number of fused-ring (bicyclic) bond motifs is 1. The van der Waals surface area contributed by atoms with Crippen LogP contribution in [0.15, 0.2) is 42.5 Å². The van der Waals surface area contributed by atoms with Crippen LogP contribution in [0.4, 0.5) is 11.4 Å². The Hall–Kier alpha value is -3.23. The number of carbonyl (C=O) groups is 3. The normalized spacial score (nSPS) is 19.3. The van der Waals surface area contributed by atoms with Crippen LogP contribution >= 0.6 is 0 Å². The standard InChI is InChI=1S/C27H34N4O4/c1-27(2,3)35-26(34)18-9-11-19(12-10-18)28-25(33)24-21-7-6-8-22(20(21)13-14-30(24)5)31-16-15-29(4)17-23(31)32/h6-12,24H,13-17H2,1-5H3,(H,28,33). The zero-order chi connectivity index (χ0) is 25.3. The summed E-state index contributed by atoms with van der Waals surface area (Å²) >= 11 is 0. The van der Waals surface area contributed by atoms with Gasteiger partial charge in [0.15, 0.2) is 0 Å². The molecule has 0 aromatic heterocycles. The van der Waals surface area contributed by atoms with E-state index >= 15 is 0 Å². The minimum absolute atomic E-state index is 0.0807. The molecule has 2 aliphatic heterocycles. The molecule has 8 nitrogen and oxygen atoms in total. The second kappa shape index (κ2) is 9.79. The van der Waals surface area contributed by atoms with Gasteiger partial charge in [0.05, 0.1) is 12.1 Å². The van der Waals surface area contributed by atoms with Gasteiger partial charge in [-0.25, -0.2) is 4.79 Å². The van der Waals surface area contributed by atoms with E-state index in [4.69, 9.17) is 4.74 Å². The lowest BCUT2D eigenvalue weighted by atomic mass is 9.90. The number of nitrogens with zero attached hydrogens (tertiary/aromatic N) is 3. The molecule has 2 aromatic carbocycles. The number of anilines is 2. The van der Waals surface area contributed by atoms with E-state index in [-0.39, 0.29) is 11.8 Å². The number of hydrogen-bond donors (Lipinski definition) is 1. The average Bonchev–Trinajstić information content (AvgIpc) is 2.78. The van der Waals surface area contributed by atoms with E-state index in [1.165, 1.54) is 0 Å². The van der Waals surface area contributed by atoms with Crippen molar-refractivity contribution in [1.29, 1.82) is 0 Å². The quantitative estimate of drug-likeness (QED) is 0.680. The molecule has 0 saturated carbocycles. The van der Waals surface area contributed by atoms with Crippen LogP contribution in [0.25, 0.3) is 0 Å². The topological polar surface area (TPSA) is 82.2 Å². The smallest absolute Gasteiger partial charge is 0.338 e. The summed E-state index contributed by atoms with van der Waals surface area (Å²) in [6.45, 7) is 8.03. The molecule has 35 heavy (non-hydrogen) atoms. The van der Waals surface area contributed by atoms with Crippen LogP contribution in [0, 0.1) is 0 Å². The summed E-state index contributed by atoms with van der Waals surface area (Å²) in [5.41, 5.74) is 3.35. The number of amides is 2. The van der Waals surface area contributed by atoms with Crippen LogP contribution in [0.2, 0.25) is 0 Å². The highest BCUT2D eigenvalue weighted by atomic mass is 16.6. The highest BCUT2D eigenvalue weighted by Gasteiger charge is 2.34. The summed E-state index contributed by atoms with van der Waals surface area (Å²) < 4.78 is 5.40. The van der Waals surface area contributed by atoms with E-state index in [1.807, 2.05) is 67.8 Å². The van der Waals surface area contributed by atoms with Crippen LogP contribution in [0.5, 0.6) is 0 Å². The molecule has 1 atom stereocenters. The van der Waals surface area contributed by atoms with Gasteiger partial charge in [-0.05, 0) is 82.7 Å². The monoisotopic (exact) mass is 478 g/mol. The molecule has 2 aliphatic rings. The summed E-state index contributed by atoms with van der Waals surface area (Å²) in [6, 6.07) is 12.1. The van der Waals surface area contributed by atoms with Crippen LogP contribution in [0.3, 0.4) is 0 Å². The van der Waals surface area contributed by atoms with E-state index in [0.717, 1.165) is 29.8 Å². The maximum atomic E-state index is 13.4. The molecule has 2 heterocycles. The van der Waals surface area contributed by atoms with Crippen LogP contribution in [-0.4, -0.2) is 73.5 Å². The number of nitrogens with one attached hydrogen (secondary N) is 1. The fraction of sp³-hybridized carbons (Fsp3) is 0.444. The Morgan fingerprint density at radius 3 is 2.37 bits per heavy atom. The van der Waals surface area contributed by atoms with Crippen molar-refractivity contribution >= 4 is 29.2 Å². The second-order valence-corrected chi connectivity index (χ2v) is 10.3. The summed E-state index contributed by atoms with van der Waals surface area (Å²) in [6.07, 6.45) is 0.774. The van der Waals surface area contributed by atoms with Crippen molar-refractivity contribution in [3.05, 3.63) is 59.2 Å². The van der Waals surface area contributed by atoms with Crippen molar-refractivity contribution < 1.29 is 19.1 Å². The molecule has 0 spiro atoms. The Morgan fingerprint density at radius 1 is 1.00 bits per heavy atom. The Bertz CT molecular complexity index is 1120. The van der Waals surface area contributed by atoms with Gasteiger partial charge in [0.2, 0.25) is 11.8 Å². The van der Waals surface area contributed by atoms with Crippen LogP contribution in [0.1, 0.15) is 48.3 Å². The maximum absolute atomic E-state index is 13.4. The predicted octanol–water partition coefficient (Wildman–Crippen LogP) is 3.09. The van der Waals surface area contributed by atoms with Crippen molar-refractivity contribution in [2.45, 2.75) is 38.8 Å². The van der Waals surface area contributed by atoms with Crippen molar-refractivity contribution in [3.63, 3.8) is 0 Å². The number of likely N-dealkylation sites (N-methyl/N-ethyl adjacent to an activating group) is 2. The van der Waals surface area contributed by atoms with E-state index < -0.39 is 17.6 Å². The molecule has 0 radical (unpaired) electrons. The molecular formula is C27H34N4O4. The largest absolute Gasteiger partial charge is 0.456 e. The molecule has 0 aliphatic carbocycles. The number of piperazine rings is 1. The Morgan fingerprint density at radius 2 is 1.71 bits per heavy atom. The van der Waals surface area contributed by atoms with Gasteiger partial charge >= 0.3 is 5.97 Å². The summed E-state index contributed by atoms with van der Waals surface area (Å²) in [7, 11) is 3.89. The van der Waals surface area contributed by atoms with Gasteiger partial charge in [0.25, 0.3) is 0 Å². The zero-order valence-electron chi connectivity index (χ0n) is 21.1. The van der Waals surface area contributed by atoms with Crippen molar-refractivity contribution in [2.24, 2.45) is 0 Å². The number of ether oxygens (including phenoxy) is 1. The molecule has 2 amide bonds. The number of esters is 1. The molecule has 1 fully saturated rings. The van der Waals surface area contributed by atoms with Gasteiger partial charge in [0.1, 0.15) is 11.6 Å². The van der Waals surface area contributed by atoms with Crippen molar-refractivity contribution in [3.8, 4) is 0 Å². The van der Waals surface area contributed by atoms with E-state index in [9.17, 15) is 14.4 Å². The van der Waals surface area contributed by atoms with Crippen LogP contribution in [-0.2, 0) is 20.7 Å². The Labute approximate surface area is 206 Å². The number of hydrogen-bond acceptors (Lipinski definition) is 6. The lowest BCUT2D eigenvalue weighted by Gasteiger charge is -2.38. The Kier molecular flexibility index (Phi) is 6.96. The van der Waals surface area contributed by atoms with Gasteiger partial charge in [-0.15, -0.1) is 0 Å². The molecule has 1 unspecified atom stereocenters. The zero-order valence-corrected chi connectivity index (χ0v) is 21.1. The fourth-order valence-corrected chi connectivity index (χ4v) is 4.65. The molecule has 8 heteroatoms. The van der Waals surface area contributed by atoms with Crippen molar-refractivity contribution in [2.75, 3.05) is 50.5 Å². The number of benzene rings is 2. The SMILES string of the molecule is CN1CCN(c2cccc3c2CCN(C)C3C(=O)Nc2ccc(C(=O)OC(C)(C)C)cc2)C(=O)C1. The van der Waals surface area contributed by atoms with Gasteiger partial charge in [-0.3, -0.25) is 19.4 Å². The van der Waals surface area contributed by atoms with Gasteiger partial charge < -0.3 is 15.0 Å². The third-order valence-electron chi connectivity index (χ3n) is 6.38. The van der Waals surface area contributed by atoms with E-state index in [0.29, 0.717) is 30.9 Å². The van der Waals surface area contributed by atoms with Crippen molar-refractivity contribution in [1.82, 2.24) is 9.80 Å². The van der Waals surface area contributed by atoms with Gasteiger partial charge in [-0.1, -0.05) is 12.1 Å². The molecule has 1 N–H and O–H groups in total. The third kappa shape index (κ3) is 5.55. The summed E-state index contributed by atoms with van der Waals surface area (Å²) in [5.74, 6) is -0.472. The molecular weight excluding hydrogens is 444 g/mol. The predicted molar refractivity (Wildman–Crippen MR) is 136 cm³/mol. The molecule has 4 rings (SSSR count). The fourth-order valence-electron chi connectivity index (χ4n) is 4.65. The molecule has 0 bridgehead atoms. The summed E-state index contributed by atoms with van der Waals surface area (Å²) in [5, 5.41) is 2.99. The highest BCUT2D eigenvalue weighted by molar-refractivity contribution is 5.99. The minimum atomic E-state index is -0.573. The van der Waals surface area contributed by atoms with Gasteiger partial charge in [-0.2, -0.15) is 0 Å². The van der Waals surface area contributed by atoms with Crippen LogP contribution < -0.4 is 10.2 Å². The lowest BCUT2D eigenvalue weighted by molar-refractivity contribution is -0.121. The average molecular weight is 479 g/mol. The first kappa shape index (κ1) is 24.9. The first-order chi connectivity index (χ1) is 16.5. The maximum Gasteiger partial charge on any atom is 0.338 e. The lowest BCUT2D eigenvalue weighted by Crippen LogP contribution is -2.49.